The molecule has 0 saturated carbocycles. The lowest BCUT2D eigenvalue weighted by Gasteiger charge is -2.55. The smallest absolute Gasteiger partial charge is 0.407 e. The Labute approximate surface area is 177 Å². The first-order chi connectivity index (χ1) is 14.3. The molecular formula is C23H29N3O4. The highest BCUT2D eigenvalue weighted by atomic mass is 16.4. The molecule has 3 rings (SSSR count). The lowest BCUT2D eigenvalue weighted by molar-refractivity contribution is -0.0436. The van der Waals surface area contributed by atoms with E-state index in [-0.39, 0.29) is 13.1 Å². The second kappa shape index (κ2) is 9.17. The van der Waals surface area contributed by atoms with Gasteiger partial charge in [-0.3, -0.25) is 4.90 Å². The van der Waals surface area contributed by atoms with Gasteiger partial charge in [0.1, 0.15) is 0 Å². The average Bonchev–Trinajstić information content (AvgIpc) is 2.70. The van der Waals surface area contributed by atoms with Crippen molar-refractivity contribution < 1.29 is 19.8 Å². The summed E-state index contributed by atoms with van der Waals surface area (Å²) in [6, 6.07) is 18.9. The maximum Gasteiger partial charge on any atom is 0.407 e. The van der Waals surface area contributed by atoms with E-state index in [9.17, 15) is 19.8 Å². The van der Waals surface area contributed by atoms with Gasteiger partial charge in [0.25, 0.3) is 0 Å². The SMILES string of the molecule is CN(C)C[C@@]1(Cc2ccccc2)C(Cc2ccccc2)N(C(=O)O)CCN1C(=O)O. The van der Waals surface area contributed by atoms with Crippen LogP contribution in [0.25, 0.3) is 0 Å². The summed E-state index contributed by atoms with van der Waals surface area (Å²) in [6.45, 7) is 0.714. The fourth-order valence-electron chi connectivity index (χ4n) is 4.67. The molecule has 0 bridgehead atoms. The highest BCUT2D eigenvalue weighted by Crippen LogP contribution is 2.35. The first-order valence-electron chi connectivity index (χ1n) is 10.1. The zero-order valence-corrected chi connectivity index (χ0v) is 17.4. The summed E-state index contributed by atoms with van der Waals surface area (Å²) in [6.07, 6.45) is -1.16. The lowest BCUT2D eigenvalue weighted by atomic mass is 9.76. The Morgan fingerprint density at radius 3 is 2.00 bits per heavy atom. The molecule has 0 aromatic heterocycles. The largest absolute Gasteiger partial charge is 0.465 e. The van der Waals surface area contributed by atoms with Gasteiger partial charge in [-0.25, -0.2) is 9.59 Å². The number of likely N-dealkylation sites (N-methyl/N-ethyl adjacent to an activating group) is 1. The number of nitrogens with zero attached hydrogens (tertiary/aromatic N) is 3. The Kier molecular flexibility index (Phi) is 6.62. The maximum absolute atomic E-state index is 12.4. The number of piperazine rings is 1. The number of hydrogen-bond acceptors (Lipinski definition) is 3. The van der Waals surface area contributed by atoms with E-state index in [1.54, 1.807) is 0 Å². The molecule has 160 valence electrons. The molecule has 2 amide bonds. The topological polar surface area (TPSA) is 84.3 Å². The third-order valence-corrected chi connectivity index (χ3v) is 5.79. The van der Waals surface area contributed by atoms with Gasteiger partial charge in [0.15, 0.2) is 0 Å². The van der Waals surface area contributed by atoms with E-state index in [0.29, 0.717) is 19.4 Å². The second-order valence-corrected chi connectivity index (χ2v) is 8.12. The van der Waals surface area contributed by atoms with E-state index in [1.807, 2.05) is 79.7 Å². The first kappa shape index (κ1) is 21.6. The third-order valence-electron chi connectivity index (χ3n) is 5.79. The molecule has 2 aromatic carbocycles. The molecule has 0 spiro atoms. The predicted octanol–water partition coefficient (Wildman–Crippen LogP) is 3.11. The summed E-state index contributed by atoms with van der Waals surface area (Å²) in [4.78, 5) is 29.4. The molecule has 1 saturated heterocycles. The van der Waals surface area contributed by atoms with Crippen LogP contribution in [-0.4, -0.2) is 82.4 Å². The Morgan fingerprint density at radius 1 is 0.933 bits per heavy atom. The number of hydrogen-bond donors (Lipinski definition) is 2. The van der Waals surface area contributed by atoms with Crippen LogP contribution in [0, 0.1) is 0 Å². The molecule has 2 atom stereocenters. The maximum atomic E-state index is 12.4. The summed E-state index contributed by atoms with van der Waals surface area (Å²) in [5, 5.41) is 20.1. The highest BCUT2D eigenvalue weighted by molar-refractivity contribution is 5.70. The molecule has 1 heterocycles. The van der Waals surface area contributed by atoms with Crippen molar-refractivity contribution in [1.29, 1.82) is 0 Å². The molecule has 7 heteroatoms. The quantitative estimate of drug-likeness (QED) is 0.763. The molecule has 1 aliphatic heterocycles. The minimum Gasteiger partial charge on any atom is -0.465 e. The molecule has 7 nitrogen and oxygen atoms in total. The van der Waals surface area contributed by atoms with Gasteiger partial charge in [-0.2, -0.15) is 0 Å². The number of carbonyl (C=O) groups is 2. The van der Waals surface area contributed by atoms with Crippen LogP contribution in [0.4, 0.5) is 9.59 Å². The molecular weight excluding hydrogens is 382 g/mol. The molecule has 2 N–H and O–H groups in total. The van der Waals surface area contributed by atoms with Crippen molar-refractivity contribution in [2.24, 2.45) is 0 Å². The van der Waals surface area contributed by atoms with Gasteiger partial charge in [0.2, 0.25) is 0 Å². The van der Waals surface area contributed by atoms with E-state index in [1.165, 1.54) is 9.80 Å². The molecule has 1 aliphatic rings. The van der Waals surface area contributed by atoms with Gasteiger partial charge in [-0.1, -0.05) is 60.7 Å². The van der Waals surface area contributed by atoms with Gasteiger partial charge in [0.05, 0.1) is 11.6 Å². The van der Waals surface area contributed by atoms with Crippen molar-refractivity contribution in [2.75, 3.05) is 33.7 Å². The van der Waals surface area contributed by atoms with E-state index < -0.39 is 23.8 Å². The van der Waals surface area contributed by atoms with E-state index >= 15 is 0 Å². The van der Waals surface area contributed by atoms with Gasteiger partial charge < -0.3 is 20.0 Å². The fourth-order valence-corrected chi connectivity index (χ4v) is 4.67. The highest BCUT2D eigenvalue weighted by Gasteiger charge is 2.53. The molecule has 2 aromatic rings. The Hall–Kier alpha value is -3.06. The van der Waals surface area contributed by atoms with E-state index in [2.05, 4.69) is 0 Å². The molecule has 1 fully saturated rings. The minimum atomic E-state index is -1.02. The van der Waals surface area contributed by atoms with E-state index in [4.69, 9.17) is 0 Å². The summed E-state index contributed by atoms with van der Waals surface area (Å²) in [7, 11) is 3.79. The fraction of sp³-hybridized carbons (Fsp3) is 0.391. The monoisotopic (exact) mass is 411 g/mol. The van der Waals surface area contributed by atoms with Crippen LogP contribution < -0.4 is 0 Å². The summed E-state index contributed by atoms with van der Waals surface area (Å²) < 4.78 is 0. The van der Waals surface area contributed by atoms with Gasteiger partial charge in [-0.05, 0) is 38.1 Å². The van der Waals surface area contributed by atoms with Crippen LogP contribution in [0.1, 0.15) is 11.1 Å². The van der Waals surface area contributed by atoms with Crippen molar-refractivity contribution >= 4 is 12.2 Å². The lowest BCUT2D eigenvalue weighted by Crippen LogP contribution is -2.74. The van der Waals surface area contributed by atoms with Crippen LogP contribution >= 0.6 is 0 Å². The molecule has 1 unspecified atom stereocenters. The molecule has 0 radical (unpaired) electrons. The Morgan fingerprint density at radius 2 is 1.50 bits per heavy atom. The number of carboxylic acid groups (broad SMARTS) is 2. The summed E-state index contributed by atoms with van der Waals surface area (Å²) in [5.74, 6) is 0. The van der Waals surface area contributed by atoms with Crippen LogP contribution in [0.15, 0.2) is 60.7 Å². The van der Waals surface area contributed by atoms with Gasteiger partial charge >= 0.3 is 12.2 Å². The Bertz CT molecular complexity index is 859. The van der Waals surface area contributed by atoms with E-state index in [0.717, 1.165) is 11.1 Å². The van der Waals surface area contributed by atoms with Gasteiger partial charge in [-0.15, -0.1) is 0 Å². The Balaban J connectivity index is 2.15. The second-order valence-electron chi connectivity index (χ2n) is 8.12. The zero-order chi connectivity index (χ0) is 21.7. The van der Waals surface area contributed by atoms with Crippen molar-refractivity contribution in [3.63, 3.8) is 0 Å². The van der Waals surface area contributed by atoms with Crippen molar-refractivity contribution in [3.8, 4) is 0 Å². The summed E-state index contributed by atoms with van der Waals surface area (Å²) >= 11 is 0. The normalized spacial score (nSPS) is 21.6. The molecule has 0 aliphatic carbocycles. The summed E-state index contributed by atoms with van der Waals surface area (Å²) in [5.41, 5.74) is 1.04. The van der Waals surface area contributed by atoms with Crippen molar-refractivity contribution in [1.82, 2.24) is 14.7 Å². The molecule has 30 heavy (non-hydrogen) atoms. The predicted molar refractivity (Wildman–Crippen MR) is 115 cm³/mol. The van der Waals surface area contributed by atoms with Crippen molar-refractivity contribution in [3.05, 3.63) is 71.8 Å². The number of benzene rings is 2. The van der Waals surface area contributed by atoms with Crippen LogP contribution in [-0.2, 0) is 12.8 Å². The standard InChI is InChI=1S/C23H29N3O4/c1-24(2)17-23(16-19-11-7-4-8-12-19)20(15-18-9-5-3-6-10-18)25(21(27)28)13-14-26(23)22(29)30/h3-12,20H,13-17H2,1-2H3,(H,27,28)(H,29,30)/t20?,23-/m0/s1. The van der Waals surface area contributed by atoms with Crippen LogP contribution in [0.5, 0.6) is 0 Å². The first-order valence-corrected chi connectivity index (χ1v) is 10.1. The van der Waals surface area contributed by atoms with Crippen LogP contribution in [0.3, 0.4) is 0 Å². The van der Waals surface area contributed by atoms with Crippen molar-refractivity contribution in [2.45, 2.75) is 24.4 Å². The average molecular weight is 412 g/mol. The number of amides is 2. The minimum absolute atomic E-state index is 0.146. The third kappa shape index (κ3) is 4.57. The van der Waals surface area contributed by atoms with Gasteiger partial charge in [0, 0.05) is 19.6 Å². The number of rotatable bonds is 6. The zero-order valence-electron chi connectivity index (χ0n) is 17.4. The van der Waals surface area contributed by atoms with Crippen LogP contribution in [0.2, 0.25) is 0 Å².